The molecule has 0 spiro atoms. The third kappa shape index (κ3) is 9.51. The van der Waals surface area contributed by atoms with E-state index < -0.39 is 11.8 Å². The van der Waals surface area contributed by atoms with Crippen LogP contribution in [0, 0.1) is 5.92 Å². The minimum Gasteiger partial charge on any atom is -0.369 e. The lowest BCUT2D eigenvalue weighted by Gasteiger charge is -2.22. The van der Waals surface area contributed by atoms with Crippen molar-refractivity contribution in [1.82, 2.24) is 15.2 Å². The van der Waals surface area contributed by atoms with E-state index in [-0.39, 0.29) is 31.1 Å². The van der Waals surface area contributed by atoms with Crippen molar-refractivity contribution in [3.8, 4) is 0 Å². The molecule has 0 fully saturated rings. The van der Waals surface area contributed by atoms with Crippen LogP contribution in [0.25, 0.3) is 0 Å². The van der Waals surface area contributed by atoms with Gasteiger partial charge in [-0.25, -0.2) is 0 Å². The summed E-state index contributed by atoms with van der Waals surface area (Å²) in [5.74, 6) is -1.54. The maximum atomic E-state index is 12.5. The summed E-state index contributed by atoms with van der Waals surface area (Å²) >= 11 is 0. The highest BCUT2D eigenvalue weighted by Gasteiger charge is 2.20. The zero-order valence-corrected chi connectivity index (χ0v) is 19.8. The van der Waals surface area contributed by atoms with Crippen LogP contribution in [0.3, 0.4) is 0 Å². The van der Waals surface area contributed by atoms with E-state index in [1.807, 2.05) is 66.7 Å². The average molecular weight is 473 g/mol. The summed E-state index contributed by atoms with van der Waals surface area (Å²) < 4.78 is 0. The highest BCUT2D eigenvalue weighted by molar-refractivity contribution is 5.89. The monoisotopic (exact) mass is 472 g/mol. The number of pyridine rings is 1. The Bertz CT molecular complexity index is 1030. The second-order valence-electron chi connectivity index (χ2n) is 8.58. The number of aromatic nitrogens is 1. The Hall–Kier alpha value is -3.84. The van der Waals surface area contributed by atoms with Gasteiger partial charge in [-0.2, -0.15) is 0 Å². The summed E-state index contributed by atoms with van der Waals surface area (Å²) in [4.78, 5) is 43.3. The summed E-state index contributed by atoms with van der Waals surface area (Å²) in [6.07, 6.45) is 2.41. The third-order valence-electron chi connectivity index (χ3n) is 5.70. The summed E-state index contributed by atoms with van der Waals surface area (Å²) in [5.41, 5.74) is 8.53. The molecule has 0 bridgehead atoms. The van der Waals surface area contributed by atoms with Gasteiger partial charge >= 0.3 is 0 Å². The summed E-state index contributed by atoms with van der Waals surface area (Å²) in [7, 11) is 0. The minimum absolute atomic E-state index is 0.00428. The van der Waals surface area contributed by atoms with E-state index in [2.05, 4.69) is 27.3 Å². The molecule has 0 unspecified atom stereocenters. The lowest BCUT2D eigenvalue weighted by atomic mass is 9.93. The predicted octanol–water partition coefficient (Wildman–Crippen LogP) is 2.89. The van der Waals surface area contributed by atoms with E-state index in [0.717, 1.165) is 16.8 Å². The standard InChI is InChI=1S/C28H32N4O3/c29-28(35)24(17-22-9-3-1-4-10-22)18-26(33)19-31-27(34)14-16-32(20-23-11-5-2-6-12-23)21-25-13-7-8-15-30-25/h1-13,15,24H,14,16-21H2,(H2,29,35)(H,31,34)/t24-/m1/s1. The van der Waals surface area contributed by atoms with Gasteiger partial charge in [-0.1, -0.05) is 66.7 Å². The van der Waals surface area contributed by atoms with Crippen molar-refractivity contribution < 1.29 is 14.4 Å². The number of amides is 2. The smallest absolute Gasteiger partial charge is 0.221 e. The number of Topliss-reactive ketones (excluding diaryl/α,β-unsaturated/α-hetero) is 1. The third-order valence-corrected chi connectivity index (χ3v) is 5.70. The van der Waals surface area contributed by atoms with Crippen molar-refractivity contribution in [2.45, 2.75) is 32.4 Å². The number of nitrogens with zero attached hydrogens (tertiary/aromatic N) is 2. The van der Waals surface area contributed by atoms with E-state index in [0.29, 0.717) is 26.1 Å². The van der Waals surface area contributed by atoms with Crippen LogP contribution in [0.1, 0.15) is 29.7 Å². The molecule has 1 atom stereocenters. The second-order valence-corrected chi connectivity index (χ2v) is 8.58. The van der Waals surface area contributed by atoms with Gasteiger partial charge in [0, 0.05) is 44.6 Å². The van der Waals surface area contributed by atoms with Crippen LogP contribution in [-0.4, -0.2) is 40.6 Å². The highest BCUT2D eigenvalue weighted by atomic mass is 16.2. The number of hydrogen-bond acceptors (Lipinski definition) is 5. The fraction of sp³-hybridized carbons (Fsp3) is 0.286. The van der Waals surface area contributed by atoms with Crippen molar-refractivity contribution in [2.24, 2.45) is 11.7 Å². The first kappa shape index (κ1) is 25.8. The molecule has 3 aromatic rings. The Kier molecular flexibility index (Phi) is 10.1. The van der Waals surface area contributed by atoms with E-state index in [1.54, 1.807) is 6.20 Å². The van der Waals surface area contributed by atoms with Crippen LogP contribution in [0.5, 0.6) is 0 Å². The molecule has 2 aromatic carbocycles. The Labute approximate surface area is 206 Å². The number of benzene rings is 2. The Balaban J connectivity index is 1.48. The predicted molar refractivity (Wildman–Crippen MR) is 135 cm³/mol. The van der Waals surface area contributed by atoms with Gasteiger partial charge in [-0.3, -0.25) is 24.3 Å². The van der Waals surface area contributed by atoms with Gasteiger partial charge in [-0.05, 0) is 29.7 Å². The first-order valence-electron chi connectivity index (χ1n) is 11.8. The molecule has 7 heteroatoms. The molecule has 0 saturated carbocycles. The Morgan fingerprint density at radius 2 is 1.51 bits per heavy atom. The molecule has 0 saturated heterocycles. The number of nitrogens with one attached hydrogen (secondary N) is 1. The zero-order chi connectivity index (χ0) is 24.9. The molecule has 2 amide bonds. The first-order valence-corrected chi connectivity index (χ1v) is 11.8. The van der Waals surface area contributed by atoms with Gasteiger partial charge in [0.05, 0.1) is 12.2 Å². The van der Waals surface area contributed by atoms with Gasteiger partial charge in [0.25, 0.3) is 0 Å². The van der Waals surface area contributed by atoms with Crippen molar-refractivity contribution >= 4 is 17.6 Å². The normalized spacial score (nSPS) is 11.7. The first-order chi connectivity index (χ1) is 17.0. The molecule has 35 heavy (non-hydrogen) atoms. The lowest BCUT2D eigenvalue weighted by molar-refractivity contribution is -0.128. The van der Waals surface area contributed by atoms with Gasteiger partial charge in [0.15, 0.2) is 5.78 Å². The van der Waals surface area contributed by atoms with Crippen LogP contribution in [0.2, 0.25) is 0 Å². The lowest BCUT2D eigenvalue weighted by Crippen LogP contribution is -2.35. The Morgan fingerprint density at radius 3 is 2.14 bits per heavy atom. The van der Waals surface area contributed by atoms with Gasteiger partial charge in [0.1, 0.15) is 0 Å². The highest BCUT2D eigenvalue weighted by Crippen LogP contribution is 2.13. The van der Waals surface area contributed by atoms with Crippen LogP contribution in [0.15, 0.2) is 85.1 Å². The van der Waals surface area contributed by atoms with Gasteiger partial charge < -0.3 is 11.1 Å². The molecular formula is C28H32N4O3. The number of carbonyl (C=O) groups is 3. The Morgan fingerprint density at radius 1 is 0.857 bits per heavy atom. The van der Waals surface area contributed by atoms with Crippen molar-refractivity contribution in [3.05, 3.63) is 102 Å². The van der Waals surface area contributed by atoms with Crippen molar-refractivity contribution in [3.63, 3.8) is 0 Å². The maximum Gasteiger partial charge on any atom is 0.221 e. The molecule has 3 N–H and O–H groups in total. The summed E-state index contributed by atoms with van der Waals surface area (Å²) in [6.45, 7) is 1.70. The van der Waals surface area contributed by atoms with Crippen LogP contribution in [0.4, 0.5) is 0 Å². The molecule has 7 nitrogen and oxygen atoms in total. The number of ketones is 1. The quantitative estimate of drug-likeness (QED) is 0.375. The number of carbonyl (C=O) groups excluding carboxylic acids is 3. The van der Waals surface area contributed by atoms with Crippen LogP contribution < -0.4 is 11.1 Å². The summed E-state index contributed by atoms with van der Waals surface area (Å²) in [6, 6.07) is 25.3. The molecule has 182 valence electrons. The van der Waals surface area contributed by atoms with E-state index in [4.69, 9.17) is 5.73 Å². The molecule has 0 radical (unpaired) electrons. The molecule has 1 heterocycles. The molecule has 0 aliphatic rings. The largest absolute Gasteiger partial charge is 0.369 e. The van der Waals surface area contributed by atoms with Crippen LogP contribution in [-0.2, 0) is 33.9 Å². The minimum atomic E-state index is -0.596. The second kappa shape index (κ2) is 13.8. The molecule has 0 aliphatic carbocycles. The SMILES string of the molecule is NC(=O)[C@@H](CC(=O)CNC(=O)CCN(Cc1ccccc1)Cc1ccccn1)Cc1ccccc1. The van der Waals surface area contributed by atoms with Crippen molar-refractivity contribution in [1.29, 1.82) is 0 Å². The topological polar surface area (TPSA) is 105 Å². The van der Waals surface area contributed by atoms with E-state index in [9.17, 15) is 14.4 Å². The van der Waals surface area contributed by atoms with E-state index in [1.165, 1.54) is 0 Å². The molecule has 0 aliphatic heterocycles. The molecule has 3 rings (SSSR count). The average Bonchev–Trinajstić information content (AvgIpc) is 2.87. The number of primary amides is 1. The van der Waals surface area contributed by atoms with Gasteiger partial charge in [-0.15, -0.1) is 0 Å². The number of hydrogen-bond donors (Lipinski definition) is 2. The number of rotatable bonds is 14. The molecule has 1 aromatic heterocycles. The fourth-order valence-electron chi connectivity index (χ4n) is 3.84. The van der Waals surface area contributed by atoms with Crippen LogP contribution >= 0.6 is 0 Å². The number of nitrogens with two attached hydrogens (primary N) is 1. The van der Waals surface area contributed by atoms with Crippen molar-refractivity contribution in [2.75, 3.05) is 13.1 Å². The summed E-state index contributed by atoms with van der Waals surface area (Å²) in [5, 5.41) is 2.69. The molecular weight excluding hydrogens is 440 g/mol. The van der Waals surface area contributed by atoms with E-state index >= 15 is 0 Å². The zero-order valence-electron chi connectivity index (χ0n) is 19.8. The van der Waals surface area contributed by atoms with Gasteiger partial charge in [0.2, 0.25) is 11.8 Å². The maximum absolute atomic E-state index is 12.5. The fourth-order valence-corrected chi connectivity index (χ4v) is 3.84.